The van der Waals surface area contributed by atoms with Crippen LogP contribution in [-0.4, -0.2) is 26.4 Å². The van der Waals surface area contributed by atoms with Gasteiger partial charge in [0.05, 0.1) is 27.5 Å². The summed E-state index contributed by atoms with van der Waals surface area (Å²) in [6, 6.07) is 10.3. The highest BCUT2D eigenvalue weighted by Gasteiger charge is 2.29. The largest absolute Gasteiger partial charge is 0.310 e. The molecule has 2 aliphatic rings. The number of fused-ring (bicyclic) bond motifs is 1. The lowest BCUT2D eigenvalue weighted by Crippen LogP contribution is -2.36. The van der Waals surface area contributed by atoms with Gasteiger partial charge in [0.2, 0.25) is 0 Å². The minimum Gasteiger partial charge on any atom is -0.310 e. The second kappa shape index (κ2) is 6.45. The van der Waals surface area contributed by atoms with Gasteiger partial charge in [-0.3, -0.25) is 14.7 Å². The average Bonchev–Trinajstić information content (AvgIpc) is 3.36. The van der Waals surface area contributed by atoms with Crippen molar-refractivity contribution in [3.8, 4) is 10.6 Å². The average molecular weight is 364 g/mol. The highest BCUT2D eigenvalue weighted by molar-refractivity contribution is 7.13. The monoisotopic (exact) mass is 364 g/mol. The van der Waals surface area contributed by atoms with Crippen molar-refractivity contribution in [3.05, 3.63) is 68.8 Å². The van der Waals surface area contributed by atoms with E-state index in [2.05, 4.69) is 39.5 Å². The molecule has 4 heterocycles. The number of thiophene rings is 1. The third-order valence-electron chi connectivity index (χ3n) is 5.10. The Morgan fingerprint density at radius 1 is 1.19 bits per heavy atom. The van der Waals surface area contributed by atoms with Crippen LogP contribution in [0.5, 0.6) is 0 Å². The Morgan fingerprint density at radius 3 is 2.92 bits per heavy atom. The quantitative estimate of drug-likeness (QED) is 0.771. The lowest BCUT2D eigenvalue weighted by atomic mass is 10.1. The zero-order chi connectivity index (χ0) is 17.5. The molecule has 26 heavy (non-hydrogen) atoms. The topological polar surface area (TPSA) is 61.9 Å². The Kier molecular flexibility index (Phi) is 3.94. The molecule has 132 valence electrons. The molecule has 1 aliphatic heterocycles. The van der Waals surface area contributed by atoms with Crippen LogP contribution in [0.15, 0.2) is 40.5 Å². The van der Waals surface area contributed by atoms with E-state index in [0.717, 1.165) is 60.8 Å². The Hall–Kier alpha value is -2.31. The maximum Gasteiger partial charge on any atom is 0.255 e. The minimum atomic E-state index is 0.0434. The molecule has 1 aliphatic carbocycles. The fourth-order valence-corrected chi connectivity index (χ4v) is 4.24. The molecule has 3 aromatic rings. The third kappa shape index (κ3) is 3.10. The van der Waals surface area contributed by atoms with Crippen molar-refractivity contribution < 1.29 is 0 Å². The molecule has 0 radical (unpaired) electrons. The number of nitrogens with zero attached hydrogens (tertiary/aromatic N) is 3. The van der Waals surface area contributed by atoms with E-state index >= 15 is 0 Å². The van der Waals surface area contributed by atoms with Gasteiger partial charge in [-0.15, -0.1) is 11.3 Å². The summed E-state index contributed by atoms with van der Waals surface area (Å²) in [6.45, 7) is 2.31. The van der Waals surface area contributed by atoms with Crippen LogP contribution in [0.4, 0.5) is 0 Å². The first kappa shape index (κ1) is 15.9. The summed E-state index contributed by atoms with van der Waals surface area (Å²) in [7, 11) is 0. The van der Waals surface area contributed by atoms with Crippen molar-refractivity contribution in [2.75, 3.05) is 6.54 Å². The lowest BCUT2D eigenvalue weighted by Gasteiger charge is -2.27. The van der Waals surface area contributed by atoms with Gasteiger partial charge in [0, 0.05) is 32.0 Å². The van der Waals surface area contributed by atoms with Crippen LogP contribution in [0, 0.1) is 0 Å². The summed E-state index contributed by atoms with van der Waals surface area (Å²) >= 11 is 1.70. The van der Waals surface area contributed by atoms with Gasteiger partial charge in [0.15, 0.2) is 0 Å². The molecule has 0 amide bonds. The van der Waals surface area contributed by atoms with E-state index < -0.39 is 0 Å². The molecular formula is C20H20N4OS. The van der Waals surface area contributed by atoms with Gasteiger partial charge in [0.25, 0.3) is 5.56 Å². The van der Waals surface area contributed by atoms with Gasteiger partial charge >= 0.3 is 0 Å². The van der Waals surface area contributed by atoms with Crippen LogP contribution in [0.3, 0.4) is 0 Å². The summed E-state index contributed by atoms with van der Waals surface area (Å²) in [5.41, 5.74) is 3.92. The maximum absolute atomic E-state index is 12.5. The van der Waals surface area contributed by atoms with E-state index in [1.165, 1.54) is 4.88 Å². The molecule has 0 saturated heterocycles. The van der Waals surface area contributed by atoms with Gasteiger partial charge < -0.3 is 4.98 Å². The van der Waals surface area contributed by atoms with Gasteiger partial charge in [-0.2, -0.15) is 0 Å². The van der Waals surface area contributed by atoms with Crippen molar-refractivity contribution in [1.82, 2.24) is 19.9 Å². The van der Waals surface area contributed by atoms with Gasteiger partial charge in [-0.05, 0) is 36.4 Å². The second-order valence-corrected chi connectivity index (χ2v) is 8.05. The molecule has 0 atom stereocenters. The molecule has 3 aromatic heterocycles. The van der Waals surface area contributed by atoms with E-state index in [0.29, 0.717) is 12.5 Å². The predicted octanol–water partition coefficient (Wildman–Crippen LogP) is 3.33. The standard InChI is InChI=1S/C20H20N4OS/c25-20-15-12-24(9-8-16(15)22-19(23-20)13-6-7-13)11-14-3-1-4-17(21-14)18-5-2-10-26-18/h1-5,10,13H,6-9,11-12H2,(H,22,23,25). The number of hydrogen-bond acceptors (Lipinski definition) is 5. The Labute approximate surface area is 155 Å². The summed E-state index contributed by atoms with van der Waals surface area (Å²) in [5.74, 6) is 1.38. The van der Waals surface area contributed by atoms with Crippen LogP contribution in [0.1, 0.15) is 41.5 Å². The number of pyridine rings is 1. The molecule has 1 fully saturated rings. The number of H-pyrrole nitrogens is 1. The maximum atomic E-state index is 12.5. The summed E-state index contributed by atoms with van der Waals surface area (Å²) in [5, 5.41) is 2.07. The third-order valence-corrected chi connectivity index (χ3v) is 5.99. The van der Waals surface area contributed by atoms with Crippen LogP contribution in [-0.2, 0) is 19.5 Å². The van der Waals surface area contributed by atoms with Crippen molar-refractivity contribution in [2.45, 2.75) is 38.3 Å². The van der Waals surface area contributed by atoms with E-state index in [1.54, 1.807) is 11.3 Å². The smallest absolute Gasteiger partial charge is 0.255 e. The van der Waals surface area contributed by atoms with Gasteiger partial charge in [-0.1, -0.05) is 12.1 Å². The fraction of sp³-hybridized carbons (Fsp3) is 0.350. The predicted molar refractivity (Wildman–Crippen MR) is 102 cm³/mol. The van der Waals surface area contributed by atoms with Crippen molar-refractivity contribution in [2.24, 2.45) is 0 Å². The number of aromatic nitrogens is 3. The molecule has 0 bridgehead atoms. The summed E-state index contributed by atoms with van der Waals surface area (Å²) in [6.07, 6.45) is 3.14. The highest BCUT2D eigenvalue weighted by Crippen LogP contribution is 2.37. The Bertz CT molecular complexity index is 991. The van der Waals surface area contributed by atoms with E-state index in [-0.39, 0.29) is 5.56 Å². The number of nitrogens with one attached hydrogen (secondary N) is 1. The van der Waals surface area contributed by atoms with Crippen LogP contribution in [0.25, 0.3) is 10.6 Å². The first-order chi connectivity index (χ1) is 12.8. The Balaban J connectivity index is 1.35. The molecule has 1 saturated carbocycles. The molecule has 0 spiro atoms. The van der Waals surface area contributed by atoms with E-state index in [1.807, 2.05) is 6.07 Å². The second-order valence-electron chi connectivity index (χ2n) is 7.10. The molecule has 1 N–H and O–H groups in total. The zero-order valence-electron chi connectivity index (χ0n) is 14.4. The summed E-state index contributed by atoms with van der Waals surface area (Å²) in [4.78, 5) is 28.5. The molecule has 5 nitrogen and oxygen atoms in total. The van der Waals surface area contributed by atoms with Gasteiger partial charge in [0.1, 0.15) is 5.82 Å². The fourth-order valence-electron chi connectivity index (χ4n) is 3.54. The van der Waals surface area contributed by atoms with Crippen molar-refractivity contribution in [3.63, 3.8) is 0 Å². The minimum absolute atomic E-state index is 0.0434. The summed E-state index contributed by atoms with van der Waals surface area (Å²) < 4.78 is 0. The van der Waals surface area contributed by atoms with Gasteiger partial charge in [-0.25, -0.2) is 4.98 Å². The number of aromatic amines is 1. The van der Waals surface area contributed by atoms with Crippen LogP contribution >= 0.6 is 11.3 Å². The zero-order valence-corrected chi connectivity index (χ0v) is 15.3. The SMILES string of the molecule is O=c1[nH]c(C2CC2)nc2c1CN(Cc1cccc(-c3cccs3)n1)CC2. The van der Waals surface area contributed by atoms with Crippen LogP contribution in [0.2, 0.25) is 0 Å². The van der Waals surface area contributed by atoms with E-state index in [9.17, 15) is 4.79 Å². The number of hydrogen-bond donors (Lipinski definition) is 1. The van der Waals surface area contributed by atoms with Crippen molar-refractivity contribution >= 4 is 11.3 Å². The first-order valence-corrected chi connectivity index (χ1v) is 9.98. The molecule has 6 heteroatoms. The lowest BCUT2D eigenvalue weighted by molar-refractivity contribution is 0.238. The molecule has 5 rings (SSSR count). The van der Waals surface area contributed by atoms with E-state index in [4.69, 9.17) is 9.97 Å². The molecular weight excluding hydrogens is 344 g/mol. The molecule has 0 unspecified atom stereocenters. The van der Waals surface area contributed by atoms with Crippen LogP contribution < -0.4 is 5.56 Å². The normalized spacial score (nSPS) is 17.2. The Morgan fingerprint density at radius 2 is 2.12 bits per heavy atom. The molecule has 0 aromatic carbocycles. The van der Waals surface area contributed by atoms with Crippen molar-refractivity contribution in [1.29, 1.82) is 0 Å². The first-order valence-electron chi connectivity index (χ1n) is 9.10. The number of rotatable bonds is 4. The highest BCUT2D eigenvalue weighted by atomic mass is 32.1.